The highest BCUT2D eigenvalue weighted by atomic mass is 16.5. The summed E-state index contributed by atoms with van der Waals surface area (Å²) < 4.78 is 5.69. The molecule has 2 amide bonds. The molecule has 0 fully saturated rings. The van der Waals surface area contributed by atoms with Gasteiger partial charge in [0.05, 0.1) is 17.7 Å². The van der Waals surface area contributed by atoms with Crippen LogP contribution < -0.4 is 4.74 Å². The van der Waals surface area contributed by atoms with Crippen LogP contribution in [0.3, 0.4) is 0 Å². The third kappa shape index (κ3) is 2.90. The molecule has 5 nitrogen and oxygen atoms in total. The zero-order chi connectivity index (χ0) is 17.3. The Morgan fingerprint density at radius 1 is 0.958 bits per heavy atom. The van der Waals surface area contributed by atoms with Gasteiger partial charge in [-0.3, -0.25) is 14.5 Å². The number of amides is 2. The van der Waals surface area contributed by atoms with E-state index in [1.54, 1.807) is 24.3 Å². The van der Waals surface area contributed by atoms with Gasteiger partial charge in [-0.05, 0) is 37.1 Å². The van der Waals surface area contributed by atoms with Crippen LogP contribution in [0.15, 0.2) is 42.5 Å². The number of carbonyl (C=O) groups is 2. The zero-order valence-electron chi connectivity index (χ0n) is 13.7. The molecule has 2 aromatic rings. The van der Waals surface area contributed by atoms with Crippen molar-refractivity contribution in [2.45, 2.75) is 20.0 Å². The normalized spacial score (nSPS) is 14.7. The molecule has 2 aromatic carbocycles. The van der Waals surface area contributed by atoms with Crippen molar-refractivity contribution in [3.8, 4) is 5.75 Å². The van der Waals surface area contributed by atoms with Crippen molar-refractivity contribution in [3.63, 3.8) is 0 Å². The number of carbonyl (C=O) groups excluding carboxylic acids is 2. The van der Waals surface area contributed by atoms with Crippen LogP contribution in [0.25, 0.3) is 0 Å². The Hall–Kier alpha value is -2.66. The third-order valence-electron chi connectivity index (χ3n) is 4.10. The fourth-order valence-electron chi connectivity index (χ4n) is 2.87. The molecule has 0 spiro atoms. The molecule has 5 heteroatoms. The first kappa shape index (κ1) is 16.2. The molecule has 0 unspecified atom stereocenters. The number of nitrogens with zero attached hydrogens (tertiary/aromatic N) is 1. The molecule has 1 aliphatic heterocycles. The summed E-state index contributed by atoms with van der Waals surface area (Å²) in [5, 5.41) is 10.2. The van der Waals surface area contributed by atoms with Gasteiger partial charge in [0.1, 0.15) is 18.5 Å². The van der Waals surface area contributed by atoms with E-state index in [0.29, 0.717) is 11.1 Å². The van der Waals surface area contributed by atoms with E-state index < -0.39 is 6.10 Å². The lowest BCUT2D eigenvalue weighted by molar-refractivity contribution is 0.0455. The minimum atomic E-state index is -0.953. The number of aryl methyl sites for hydroxylation is 2. The van der Waals surface area contributed by atoms with E-state index in [0.717, 1.165) is 21.8 Å². The van der Waals surface area contributed by atoms with Crippen molar-refractivity contribution >= 4 is 11.8 Å². The average molecular weight is 325 g/mol. The predicted octanol–water partition coefficient (Wildman–Crippen LogP) is 2.34. The van der Waals surface area contributed by atoms with Gasteiger partial charge in [-0.15, -0.1) is 0 Å². The van der Waals surface area contributed by atoms with Gasteiger partial charge in [0.2, 0.25) is 0 Å². The van der Waals surface area contributed by atoms with Crippen LogP contribution in [-0.4, -0.2) is 41.1 Å². The summed E-state index contributed by atoms with van der Waals surface area (Å²) in [7, 11) is 0. The molecule has 1 heterocycles. The van der Waals surface area contributed by atoms with Gasteiger partial charge in [-0.25, -0.2) is 0 Å². The number of fused-ring (bicyclic) bond motifs is 1. The second kappa shape index (κ2) is 6.45. The summed E-state index contributed by atoms with van der Waals surface area (Å²) in [6, 6.07) is 12.5. The zero-order valence-corrected chi connectivity index (χ0v) is 13.7. The van der Waals surface area contributed by atoms with E-state index in [1.165, 1.54) is 0 Å². The molecule has 24 heavy (non-hydrogen) atoms. The molecule has 0 aliphatic carbocycles. The number of aliphatic hydroxyl groups is 1. The summed E-state index contributed by atoms with van der Waals surface area (Å²) in [6.07, 6.45) is -0.953. The van der Waals surface area contributed by atoms with Crippen LogP contribution in [0.5, 0.6) is 5.75 Å². The number of β-amino-alcohol motifs (C(OH)–C–C–N with tert-alkyl or cyclic N) is 1. The highest BCUT2D eigenvalue weighted by Gasteiger charge is 2.36. The van der Waals surface area contributed by atoms with Crippen LogP contribution in [0.1, 0.15) is 31.8 Å². The number of para-hydroxylation sites is 1. The Labute approximate surface area is 140 Å². The fraction of sp³-hybridized carbons (Fsp3) is 0.263. The van der Waals surface area contributed by atoms with Crippen LogP contribution in [-0.2, 0) is 0 Å². The Kier molecular flexibility index (Phi) is 4.36. The van der Waals surface area contributed by atoms with E-state index in [9.17, 15) is 14.7 Å². The molecule has 124 valence electrons. The Morgan fingerprint density at radius 3 is 2.04 bits per heavy atom. The SMILES string of the molecule is Cc1cccc(C)c1OC[C@@H](O)CN1C(=O)c2ccccc2C1=O. The van der Waals surface area contributed by atoms with Crippen molar-refractivity contribution in [3.05, 3.63) is 64.7 Å². The maximum Gasteiger partial charge on any atom is 0.261 e. The van der Waals surface area contributed by atoms with Gasteiger partial charge in [0.25, 0.3) is 11.8 Å². The number of aliphatic hydroxyl groups excluding tert-OH is 1. The van der Waals surface area contributed by atoms with Gasteiger partial charge < -0.3 is 9.84 Å². The number of ether oxygens (including phenoxy) is 1. The first-order valence-electron chi connectivity index (χ1n) is 7.81. The molecule has 1 aliphatic rings. The molecular formula is C19H19NO4. The maximum absolute atomic E-state index is 12.3. The molecule has 0 saturated carbocycles. The molecule has 0 radical (unpaired) electrons. The summed E-state index contributed by atoms with van der Waals surface area (Å²) in [5.74, 6) is -0.0256. The second-order valence-corrected chi connectivity index (χ2v) is 5.95. The Morgan fingerprint density at radius 2 is 1.50 bits per heavy atom. The molecule has 3 rings (SSSR count). The van der Waals surface area contributed by atoms with Crippen LogP contribution in [0.2, 0.25) is 0 Å². The Bertz CT molecular complexity index is 744. The standard InChI is InChI=1S/C19H19NO4/c1-12-6-5-7-13(2)17(12)24-11-14(21)10-20-18(22)15-8-3-4-9-16(15)19(20)23/h3-9,14,21H,10-11H2,1-2H3/t14-/m0/s1. The molecule has 1 N–H and O–H groups in total. The lowest BCUT2D eigenvalue weighted by Crippen LogP contribution is -2.39. The largest absolute Gasteiger partial charge is 0.490 e. The fourth-order valence-corrected chi connectivity index (χ4v) is 2.87. The van der Waals surface area contributed by atoms with Gasteiger partial charge >= 0.3 is 0 Å². The lowest BCUT2D eigenvalue weighted by atomic mass is 10.1. The highest BCUT2D eigenvalue weighted by molar-refractivity contribution is 6.21. The number of benzene rings is 2. The third-order valence-corrected chi connectivity index (χ3v) is 4.10. The first-order valence-corrected chi connectivity index (χ1v) is 7.81. The summed E-state index contributed by atoms with van der Waals surface area (Å²) in [5.41, 5.74) is 2.71. The Balaban J connectivity index is 1.65. The quantitative estimate of drug-likeness (QED) is 0.857. The van der Waals surface area contributed by atoms with Crippen molar-refractivity contribution in [1.29, 1.82) is 0 Å². The second-order valence-electron chi connectivity index (χ2n) is 5.95. The lowest BCUT2D eigenvalue weighted by Gasteiger charge is -2.20. The number of hydrogen-bond acceptors (Lipinski definition) is 4. The average Bonchev–Trinajstić information content (AvgIpc) is 2.80. The van der Waals surface area contributed by atoms with Crippen molar-refractivity contribution in [2.24, 2.45) is 0 Å². The van der Waals surface area contributed by atoms with Gasteiger partial charge in [-0.1, -0.05) is 30.3 Å². The van der Waals surface area contributed by atoms with Crippen molar-refractivity contribution in [2.75, 3.05) is 13.2 Å². The van der Waals surface area contributed by atoms with Crippen molar-refractivity contribution in [1.82, 2.24) is 4.90 Å². The van der Waals surface area contributed by atoms with Crippen LogP contribution >= 0.6 is 0 Å². The highest BCUT2D eigenvalue weighted by Crippen LogP contribution is 2.24. The molecule has 0 bridgehead atoms. The van der Waals surface area contributed by atoms with Gasteiger partial charge in [0, 0.05) is 0 Å². The molecule has 0 aromatic heterocycles. The predicted molar refractivity (Wildman–Crippen MR) is 89.2 cm³/mol. The number of imide groups is 1. The monoisotopic (exact) mass is 325 g/mol. The van der Waals surface area contributed by atoms with E-state index in [-0.39, 0.29) is 25.0 Å². The van der Waals surface area contributed by atoms with Gasteiger partial charge in [0.15, 0.2) is 0 Å². The van der Waals surface area contributed by atoms with Gasteiger partial charge in [-0.2, -0.15) is 0 Å². The minimum absolute atomic E-state index is 0.0130. The van der Waals surface area contributed by atoms with Crippen LogP contribution in [0, 0.1) is 13.8 Å². The topological polar surface area (TPSA) is 66.8 Å². The summed E-state index contributed by atoms with van der Waals surface area (Å²) >= 11 is 0. The first-order chi connectivity index (χ1) is 11.5. The van der Waals surface area contributed by atoms with E-state index in [4.69, 9.17) is 4.74 Å². The molecule has 1 atom stereocenters. The van der Waals surface area contributed by atoms with Crippen LogP contribution in [0.4, 0.5) is 0 Å². The smallest absolute Gasteiger partial charge is 0.261 e. The number of hydrogen-bond donors (Lipinski definition) is 1. The minimum Gasteiger partial charge on any atom is -0.490 e. The maximum atomic E-state index is 12.3. The molecule has 0 saturated heterocycles. The number of rotatable bonds is 5. The van der Waals surface area contributed by atoms with E-state index in [1.807, 2.05) is 32.0 Å². The van der Waals surface area contributed by atoms with E-state index in [2.05, 4.69) is 0 Å². The summed E-state index contributed by atoms with van der Waals surface area (Å²) in [6.45, 7) is 3.79. The summed E-state index contributed by atoms with van der Waals surface area (Å²) in [4.78, 5) is 25.6. The molecular weight excluding hydrogens is 306 g/mol. The van der Waals surface area contributed by atoms with E-state index >= 15 is 0 Å². The van der Waals surface area contributed by atoms with Crippen molar-refractivity contribution < 1.29 is 19.4 Å².